The van der Waals surface area contributed by atoms with Gasteiger partial charge >= 0.3 is 0 Å². The highest BCUT2D eigenvalue weighted by Gasteiger charge is 2.08. The number of anilines is 1. The molecule has 0 aliphatic rings. The van der Waals surface area contributed by atoms with Gasteiger partial charge < -0.3 is 19.9 Å². The molecule has 0 radical (unpaired) electrons. The Hall–Kier alpha value is -2.83. The number of ether oxygens (including phenoxy) is 1. The number of nitrogens with one attached hydrogen (secondary N) is 2. The van der Waals surface area contributed by atoms with E-state index < -0.39 is 0 Å². The molecule has 23 heavy (non-hydrogen) atoms. The zero-order valence-corrected chi connectivity index (χ0v) is 13.1. The summed E-state index contributed by atoms with van der Waals surface area (Å²) in [5.74, 6) is 1.17. The maximum absolute atomic E-state index is 11.8. The highest BCUT2D eigenvalue weighted by molar-refractivity contribution is 5.93. The van der Waals surface area contributed by atoms with Gasteiger partial charge in [0.25, 0.3) is 0 Å². The third kappa shape index (κ3) is 5.46. The fraction of sp³-hybridized carbons (Fsp3) is 0.312. The summed E-state index contributed by atoms with van der Waals surface area (Å²) in [6.45, 7) is 1.62. The second kappa shape index (κ2) is 7.98. The first-order valence-electron chi connectivity index (χ1n) is 7.19. The lowest BCUT2D eigenvalue weighted by molar-refractivity contribution is -0.124. The van der Waals surface area contributed by atoms with Gasteiger partial charge in [-0.15, -0.1) is 0 Å². The lowest BCUT2D eigenvalue weighted by atomic mass is 10.1. The summed E-state index contributed by atoms with van der Waals surface area (Å²) >= 11 is 0. The van der Waals surface area contributed by atoms with Gasteiger partial charge in [0.1, 0.15) is 11.5 Å². The van der Waals surface area contributed by atoms with Crippen LogP contribution < -0.4 is 15.4 Å². The molecule has 1 heterocycles. The minimum absolute atomic E-state index is 0.104. The molecule has 2 aromatic rings. The summed E-state index contributed by atoms with van der Waals surface area (Å²) in [7, 11) is 1.61. The molecular formula is C16H19N3O4. The molecule has 0 spiro atoms. The molecule has 0 aliphatic heterocycles. The van der Waals surface area contributed by atoms with E-state index in [1.54, 1.807) is 20.1 Å². The molecule has 0 atom stereocenters. The van der Waals surface area contributed by atoms with Crippen LogP contribution in [0.2, 0.25) is 0 Å². The van der Waals surface area contributed by atoms with Crippen molar-refractivity contribution in [3.63, 3.8) is 0 Å². The van der Waals surface area contributed by atoms with Crippen LogP contribution in [-0.2, 0) is 16.0 Å². The predicted molar refractivity (Wildman–Crippen MR) is 84.2 cm³/mol. The first-order chi connectivity index (χ1) is 11.1. The zero-order valence-electron chi connectivity index (χ0n) is 13.1. The minimum atomic E-state index is -0.351. The summed E-state index contributed by atoms with van der Waals surface area (Å²) < 4.78 is 9.91. The number of aromatic nitrogens is 1. The number of methoxy groups -OCH3 is 1. The van der Waals surface area contributed by atoms with Crippen molar-refractivity contribution >= 4 is 17.6 Å². The van der Waals surface area contributed by atoms with Crippen LogP contribution in [0.25, 0.3) is 0 Å². The molecular weight excluding hydrogens is 298 g/mol. The largest absolute Gasteiger partial charge is 0.497 e. The molecule has 2 rings (SSSR count). The Kier molecular flexibility index (Phi) is 5.74. The lowest BCUT2D eigenvalue weighted by Gasteiger charge is -2.06. The first-order valence-corrected chi connectivity index (χ1v) is 7.19. The SMILES string of the molecule is COc1ccc(CCC(=O)NCC(=O)Nc2cc(C)on2)cc1. The van der Waals surface area contributed by atoms with E-state index in [-0.39, 0.29) is 18.4 Å². The smallest absolute Gasteiger partial charge is 0.245 e. The molecule has 0 saturated heterocycles. The summed E-state index contributed by atoms with van der Waals surface area (Å²) in [6, 6.07) is 9.11. The van der Waals surface area contributed by atoms with Crippen molar-refractivity contribution in [2.24, 2.45) is 0 Å². The number of aryl methyl sites for hydroxylation is 2. The van der Waals surface area contributed by atoms with Crippen LogP contribution in [0.4, 0.5) is 5.82 Å². The molecule has 7 heteroatoms. The van der Waals surface area contributed by atoms with E-state index >= 15 is 0 Å². The Labute approximate surface area is 134 Å². The number of carbonyl (C=O) groups is 2. The summed E-state index contributed by atoms with van der Waals surface area (Å²) in [6.07, 6.45) is 0.905. The average molecular weight is 317 g/mol. The van der Waals surface area contributed by atoms with Gasteiger partial charge in [-0.2, -0.15) is 0 Å². The van der Waals surface area contributed by atoms with E-state index in [1.165, 1.54) is 0 Å². The first kappa shape index (κ1) is 16.5. The van der Waals surface area contributed by atoms with Gasteiger partial charge in [0.15, 0.2) is 5.82 Å². The number of nitrogens with zero attached hydrogens (tertiary/aromatic N) is 1. The molecule has 0 bridgehead atoms. The van der Waals surface area contributed by atoms with Crippen molar-refractivity contribution in [3.05, 3.63) is 41.7 Å². The maximum atomic E-state index is 11.8. The van der Waals surface area contributed by atoms with Gasteiger partial charge in [0.2, 0.25) is 11.8 Å². The number of hydrogen-bond acceptors (Lipinski definition) is 5. The van der Waals surface area contributed by atoms with Crippen LogP contribution in [0.15, 0.2) is 34.9 Å². The Morgan fingerprint density at radius 1 is 1.22 bits per heavy atom. The molecule has 122 valence electrons. The van der Waals surface area contributed by atoms with Gasteiger partial charge in [0, 0.05) is 12.5 Å². The fourth-order valence-corrected chi connectivity index (χ4v) is 1.93. The molecule has 0 saturated carbocycles. The van der Waals surface area contributed by atoms with Crippen molar-refractivity contribution in [3.8, 4) is 5.75 Å². The van der Waals surface area contributed by atoms with E-state index in [0.717, 1.165) is 11.3 Å². The van der Waals surface area contributed by atoms with Crippen LogP contribution in [-0.4, -0.2) is 30.6 Å². The van der Waals surface area contributed by atoms with Crippen molar-refractivity contribution in [1.29, 1.82) is 0 Å². The van der Waals surface area contributed by atoms with Crippen LogP contribution in [0.1, 0.15) is 17.7 Å². The monoisotopic (exact) mass is 317 g/mol. The molecule has 7 nitrogen and oxygen atoms in total. The van der Waals surface area contributed by atoms with E-state index in [2.05, 4.69) is 15.8 Å². The van der Waals surface area contributed by atoms with Gasteiger partial charge in [-0.3, -0.25) is 9.59 Å². The number of amides is 2. The van der Waals surface area contributed by atoms with Crippen LogP contribution >= 0.6 is 0 Å². The third-order valence-electron chi connectivity index (χ3n) is 3.14. The van der Waals surface area contributed by atoms with E-state index in [1.807, 2.05) is 24.3 Å². The molecule has 0 fully saturated rings. The van der Waals surface area contributed by atoms with Crippen LogP contribution in [0.3, 0.4) is 0 Å². The van der Waals surface area contributed by atoms with Crippen LogP contribution in [0, 0.1) is 6.92 Å². The standard InChI is InChI=1S/C16H19N3O4/c1-11-9-14(19-23-11)18-16(21)10-17-15(20)8-5-12-3-6-13(22-2)7-4-12/h3-4,6-7,9H,5,8,10H2,1-2H3,(H,17,20)(H,18,19,21). The topological polar surface area (TPSA) is 93.5 Å². The summed E-state index contributed by atoms with van der Waals surface area (Å²) in [5, 5.41) is 8.74. The quantitative estimate of drug-likeness (QED) is 0.810. The van der Waals surface area contributed by atoms with Crippen molar-refractivity contribution in [2.45, 2.75) is 19.8 Å². The van der Waals surface area contributed by atoms with E-state index in [0.29, 0.717) is 24.4 Å². The highest BCUT2D eigenvalue weighted by Crippen LogP contribution is 2.12. The van der Waals surface area contributed by atoms with Gasteiger partial charge in [0.05, 0.1) is 13.7 Å². The Morgan fingerprint density at radius 3 is 2.57 bits per heavy atom. The number of hydrogen-bond donors (Lipinski definition) is 2. The number of carbonyl (C=O) groups excluding carboxylic acids is 2. The number of benzene rings is 1. The van der Waals surface area contributed by atoms with Crippen molar-refractivity contribution in [2.75, 3.05) is 19.0 Å². The average Bonchev–Trinajstić information content (AvgIpc) is 2.96. The Morgan fingerprint density at radius 2 is 1.96 bits per heavy atom. The molecule has 2 N–H and O–H groups in total. The number of rotatable bonds is 7. The maximum Gasteiger partial charge on any atom is 0.245 e. The fourth-order valence-electron chi connectivity index (χ4n) is 1.93. The lowest BCUT2D eigenvalue weighted by Crippen LogP contribution is -2.33. The third-order valence-corrected chi connectivity index (χ3v) is 3.14. The Bertz CT molecular complexity index is 664. The molecule has 0 unspecified atom stereocenters. The van der Waals surface area contributed by atoms with Gasteiger partial charge in [-0.1, -0.05) is 17.3 Å². The zero-order chi connectivity index (χ0) is 16.7. The summed E-state index contributed by atoms with van der Waals surface area (Å²) in [5.41, 5.74) is 1.03. The predicted octanol–water partition coefficient (Wildman–Crippen LogP) is 1.68. The second-order valence-corrected chi connectivity index (χ2v) is 5.00. The normalized spacial score (nSPS) is 10.2. The molecule has 0 aliphatic carbocycles. The van der Waals surface area contributed by atoms with Crippen molar-refractivity contribution < 1.29 is 18.8 Å². The van der Waals surface area contributed by atoms with Gasteiger partial charge in [-0.25, -0.2) is 0 Å². The molecule has 1 aromatic heterocycles. The molecule has 2 amide bonds. The van der Waals surface area contributed by atoms with Crippen molar-refractivity contribution in [1.82, 2.24) is 10.5 Å². The van der Waals surface area contributed by atoms with Gasteiger partial charge in [-0.05, 0) is 31.0 Å². The van der Waals surface area contributed by atoms with E-state index in [4.69, 9.17) is 9.26 Å². The summed E-state index contributed by atoms with van der Waals surface area (Å²) in [4.78, 5) is 23.4. The minimum Gasteiger partial charge on any atom is -0.497 e. The Balaban J connectivity index is 1.68. The van der Waals surface area contributed by atoms with Crippen LogP contribution in [0.5, 0.6) is 5.75 Å². The molecule has 1 aromatic carbocycles. The van der Waals surface area contributed by atoms with E-state index in [9.17, 15) is 9.59 Å². The highest BCUT2D eigenvalue weighted by atomic mass is 16.5. The second-order valence-electron chi connectivity index (χ2n) is 5.00.